The minimum absolute atomic E-state index is 0.177. The van der Waals surface area contributed by atoms with Gasteiger partial charge in [-0.2, -0.15) is 0 Å². The molecule has 0 amide bonds. The summed E-state index contributed by atoms with van der Waals surface area (Å²) >= 11 is 5.99. The standard InChI is InChI=1S/C13H12ClNO3/c1-3-18-13(17)11-7(2)12(16)10-8(14)5-4-6-9(10)15-11/h4-6H,3H2,1-2H3,(H,15,16). The summed E-state index contributed by atoms with van der Waals surface area (Å²) in [6.07, 6.45) is 0. The van der Waals surface area contributed by atoms with Crippen LogP contribution >= 0.6 is 11.6 Å². The van der Waals surface area contributed by atoms with Crippen LogP contribution in [0.4, 0.5) is 0 Å². The molecule has 0 bridgehead atoms. The lowest BCUT2D eigenvalue weighted by molar-refractivity contribution is 0.0519. The fourth-order valence-electron chi connectivity index (χ4n) is 1.80. The first-order valence-electron chi connectivity index (χ1n) is 5.54. The van der Waals surface area contributed by atoms with E-state index < -0.39 is 5.97 Å². The van der Waals surface area contributed by atoms with E-state index in [0.717, 1.165) is 0 Å². The number of carbonyl (C=O) groups excluding carboxylic acids is 1. The summed E-state index contributed by atoms with van der Waals surface area (Å²) in [4.78, 5) is 26.8. The van der Waals surface area contributed by atoms with E-state index in [1.807, 2.05) is 0 Å². The van der Waals surface area contributed by atoms with Gasteiger partial charge in [0.1, 0.15) is 5.69 Å². The summed E-state index contributed by atoms with van der Waals surface area (Å²) in [6.45, 7) is 3.55. The first kappa shape index (κ1) is 12.6. The van der Waals surface area contributed by atoms with Crippen LogP contribution < -0.4 is 5.43 Å². The number of ether oxygens (including phenoxy) is 1. The van der Waals surface area contributed by atoms with E-state index in [9.17, 15) is 9.59 Å². The maximum absolute atomic E-state index is 12.2. The van der Waals surface area contributed by atoms with E-state index in [1.54, 1.807) is 32.0 Å². The van der Waals surface area contributed by atoms with Crippen LogP contribution in [0.15, 0.2) is 23.0 Å². The SMILES string of the molecule is CCOC(=O)c1[nH]c2cccc(Cl)c2c(=O)c1C. The molecule has 1 aromatic carbocycles. The molecule has 0 saturated carbocycles. The second-order valence-electron chi connectivity index (χ2n) is 3.84. The Kier molecular flexibility index (Phi) is 3.39. The van der Waals surface area contributed by atoms with Crippen molar-refractivity contribution in [3.8, 4) is 0 Å². The summed E-state index contributed by atoms with van der Waals surface area (Å²) in [5.41, 5.74) is 0.768. The highest BCUT2D eigenvalue weighted by Crippen LogP contribution is 2.20. The van der Waals surface area contributed by atoms with Crippen LogP contribution in [0.3, 0.4) is 0 Å². The zero-order valence-electron chi connectivity index (χ0n) is 10.0. The molecule has 0 aliphatic carbocycles. The molecule has 2 aromatic rings. The predicted molar refractivity (Wildman–Crippen MR) is 70.3 cm³/mol. The Morgan fingerprint density at radius 1 is 1.44 bits per heavy atom. The van der Waals surface area contributed by atoms with Crippen molar-refractivity contribution in [2.24, 2.45) is 0 Å². The van der Waals surface area contributed by atoms with Crippen molar-refractivity contribution in [1.82, 2.24) is 4.98 Å². The average Bonchev–Trinajstić information content (AvgIpc) is 2.33. The number of H-pyrrole nitrogens is 1. The normalized spacial score (nSPS) is 10.6. The third-order valence-electron chi connectivity index (χ3n) is 2.70. The zero-order valence-corrected chi connectivity index (χ0v) is 10.8. The van der Waals surface area contributed by atoms with Crippen LogP contribution in [0.25, 0.3) is 10.9 Å². The number of aromatic amines is 1. The number of aromatic nitrogens is 1. The summed E-state index contributed by atoms with van der Waals surface area (Å²) in [7, 11) is 0. The second-order valence-corrected chi connectivity index (χ2v) is 4.24. The van der Waals surface area contributed by atoms with E-state index in [1.165, 1.54) is 0 Å². The highest BCUT2D eigenvalue weighted by molar-refractivity contribution is 6.35. The Morgan fingerprint density at radius 2 is 2.17 bits per heavy atom. The van der Waals surface area contributed by atoms with Crippen LogP contribution in [-0.4, -0.2) is 17.6 Å². The lowest BCUT2D eigenvalue weighted by Gasteiger charge is -2.08. The lowest BCUT2D eigenvalue weighted by Crippen LogP contribution is -2.17. The van der Waals surface area contributed by atoms with Crippen LogP contribution in [-0.2, 0) is 4.74 Å². The summed E-state index contributed by atoms with van der Waals surface area (Å²) in [5.74, 6) is -0.533. The number of fused-ring (bicyclic) bond motifs is 1. The molecule has 0 aliphatic heterocycles. The Morgan fingerprint density at radius 3 is 2.83 bits per heavy atom. The minimum Gasteiger partial charge on any atom is -0.461 e. The summed E-state index contributed by atoms with van der Waals surface area (Å²) in [6, 6.07) is 5.05. The van der Waals surface area contributed by atoms with Gasteiger partial charge in [-0.25, -0.2) is 4.79 Å². The van der Waals surface area contributed by atoms with Crippen molar-refractivity contribution in [2.75, 3.05) is 6.61 Å². The molecule has 2 rings (SSSR count). The van der Waals surface area contributed by atoms with E-state index in [4.69, 9.17) is 16.3 Å². The van der Waals surface area contributed by atoms with Gasteiger partial charge >= 0.3 is 5.97 Å². The van der Waals surface area contributed by atoms with Crippen LogP contribution in [0, 0.1) is 6.92 Å². The Balaban J connectivity index is 2.76. The molecule has 0 aliphatic rings. The Labute approximate surface area is 109 Å². The number of rotatable bonds is 2. The fraction of sp³-hybridized carbons (Fsp3) is 0.231. The topological polar surface area (TPSA) is 59.2 Å². The van der Waals surface area contributed by atoms with Gasteiger partial charge in [-0.3, -0.25) is 4.79 Å². The van der Waals surface area contributed by atoms with Gasteiger partial charge in [0.25, 0.3) is 0 Å². The lowest BCUT2D eigenvalue weighted by atomic mass is 10.1. The van der Waals surface area contributed by atoms with E-state index in [-0.39, 0.29) is 17.7 Å². The number of nitrogens with one attached hydrogen (secondary N) is 1. The van der Waals surface area contributed by atoms with Gasteiger partial charge in [0.15, 0.2) is 5.43 Å². The molecule has 0 spiro atoms. The third kappa shape index (κ3) is 1.99. The van der Waals surface area contributed by atoms with E-state index in [2.05, 4.69) is 4.98 Å². The van der Waals surface area contributed by atoms with Crippen molar-refractivity contribution in [3.05, 3.63) is 44.7 Å². The highest BCUT2D eigenvalue weighted by atomic mass is 35.5. The first-order valence-corrected chi connectivity index (χ1v) is 5.92. The van der Waals surface area contributed by atoms with Gasteiger partial charge in [-0.05, 0) is 26.0 Å². The molecule has 0 fully saturated rings. The number of esters is 1. The second kappa shape index (κ2) is 4.82. The molecule has 0 unspecified atom stereocenters. The molecule has 94 valence electrons. The number of benzene rings is 1. The Bertz CT molecular complexity index is 676. The molecule has 0 atom stereocenters. The molecular weight excluding hydrogens is 254 g/mol. The van der Waals surface area contributed by atoms with Crippen molar-refractivity contribution >= 4 is 28.5 Å². The van der Waals surface area contributed by atoms with E-state index in [0.29, 0.717) is 21.5 Å². The van der Waals surface area contributed by atoms with Gasteiger partial charge < -0.3 is 9.72 Å². The van der Waals surface area contributed by atoms with Crippen LogP contribution in [0.2, 0.25) is 5.02 Å². The molecule has 1 heterocycles. The number of carbonyl (C=O) groups is 1. The maximum Gasteiger partial charge on any atom is 0.355 e. The predicted octanol–water partition coefficient (Wildman–Crippen LogP) is 2.67. The zero-order chi connectivity index (χ0) is 13.3. The molecule has 18 heavy (non-hydrogen) atoms. The van der Waals surface area contributed by atoms with Gasteiger partial charge in [-0.15, -0.1) is 0 Å². The molecule has 1 N–H and O–H groups in total. The van der Waals surface area contributed by atoms with Crippen LogP contribution in [0.5, 0.6) is 0 Å². The highest BCUT2D eigenvalue weighted by Gasteiger charge is 2.16. The number of pyridine rings is 1. The molecular formula is C13H12ClNO3. The number of halogens is 1. The smallest absolute Gasteiger partial charge is 0.355 e. The van der Waals surface area contributed by atoms with Crippen LogP contribution in [0.1, 0.15) is 23.0 Å². The molecule has 0 saturated heterocycles. The van der Waals surface area contributed by atoms with Crippen molar-refractivity contribution < 1.29 is 9.53 Å². The fourth-order valence-corrected chi connectivity index (χ4v) is 2.06. The molecule has 5 heteroatoms. The number of hydrogen-bond acceptors (Lipinski definition) is 3. The Hall–Kier alpha value is -1.81. The molecule has 1 aromatic heterocycles. The van der Waals surface area contributed by atoms with Gasteiger partial charge in [-0.1, -0.05) is 17.7 Å². The largest absolute Gasteiger partial charge is 0.461 e. The summed E-state index contributed by atoms with van der Waals surface area (Å²) < 4.78 is 4.90. The van der Waals surface area contributed by atoms with Crippen molar-refractivity contribution in [3.63, 3.8) is 0 Å². The third-order valence-corrected chi connectivity index (χ3v) is 3.01. The van der Waals surface area contributed by atoms with Crippen molar-refractivity contribution in [2.45, 2.75) is 13.8 Å². The average molecular weight is 266 g/mol. The van der Waals surface area contributed by atoms with Gasteiger partial charge in [0, 0.05) is 5.56 Å². The molecule has 0 radical (unpaired) electrons. The summed E-state index contributed by atoms with van der Waals surface area (Å²) in [5, 5.41) is 0.761. The maximum atomic E-state index is 12.2. The van der Waals surface area contributed by atoms with Gasteiger partial charge in [0.2, 0.25) is 0 Å². The van der Waals surface area contributed by atoms with Gasteiger partial charge in [0.05, 0.1) is 22.5 Å². The molecule has 4 nitrogen and oxygen atoms in total. The minimum atomic E-state index is -0.533. The number of hydrogen-bond donors (Lipinski definition) is 1. The van der Waals surface area contributed by atoms with Crippen molar-refractivity contribution in [1.29, 1.82) is 0 Å². The first-order chi connectivity index (χ1) is 8.56. The quantitative estimate of drug-likeness (QED) is 0.850. The monoisotopic (exact) mass is 265 g/mol. The van der Waals surface area contributed by atoms with E-state index >= 15 is 0 Å².